The molecule has 1 saturated heterocycles. The number of likely N-dealkylation sites (tertiary alicyclic amines) is 1. The molecule has 7 heteroatoms. The number of unbranched alkanes of at least 4 members (excludes halogenated alkanes) is 3. The first-order valence-electron chi connectivity index (χ1n) is 12.5. The molecule has 5 atom stereocenters. The molecule has 0 unspecified atom stereocenters. The van der Waals surface area contributed by atoms with Crippen molar-refractivity contribution in [2.24, 2.45) is 29.1 Å². The first-order chi connectivity index (χ1) is 15.3. The van der Waals surface area contributed by atoms with Crippen LogP contribution in [0.5, 0.6) is 0 Å². The number of hydrogen-bond donors (Lipinski definition) is 3. The second kappa shape index (κ2) is 11.0. The van der Waals surface area contributed by atoms with Gasteiger partial charge in [0, 0.05) is 31.7 Å². The van der Waals surface area contributed by atoms with Gasteiger partial charge in [-0.15, -0.1) is 0 Å². The number of amides is 3. The van der Waals surface area contributed by atoms with Gasteiger partial charge in [0.05, 0.1) is 11.8 Å². The Morgan fingerprint density at radius 2 is 1.67 bits per heavy atom. The number of nitrogens with one attached hydrogen (secondary N) is 2. The minimum Gasteiger partial charge on any atom is -0.396 e. The van der Waals surface area contributed by atoms with Crippen LogP contribution in [0, 0.1) is 29.1 Å². The van der Waals surface area contributed by atoms with Crippen LogP contribution < -0.4 is 10.6 Å². The second-order valence-corrected chi connectivity index (χ2v) is 11.7. The Balaban J connectivity index is 2.32. The molecule has 1 aliphatic carbocycles. The highest BCUT2D eigenvalue weighted by molar-refractivity contribution is 5.96. The fraction of sp³-hybridized carbons (Fsp3) is 0.808. The third-order valence-corrected chi connectivity index (χ3v) is 6.83. The smallest absolute Gasteiger partial charge is 0.243 e. The van der Waals surface area contributed by atoms with Crippen LogP contribution in [0.15, 0.2) is 12.2 Å². The molecule has 33 heavy (non-hydrogen) atoms. The van der Waals surface area contributed by atoms with Crippen molar-refractivity contribution in [3.8, 4) is 0 Å². The maximum absolute atomic E-state index is 13.6. The number of aliphatic hydroxyl groups is 1. The summed E-state index contributed by atoms with van der Waals surface area (Å²) in [6.45, 7) is 13.1. The van der Waals surface area contributed by atoms with Crippen LogP contribution in [0.1, 0.15) is 73.6 Å². The van der Waals surface area contributed by atoms with E-state index in [1.165, 1.54) is 0 Å². The van der Waals surface area contributed by atoms with Gasteiger partial charge in [0.1, 0.15) is 6.04 Å². The van der Waals surface area contributed by atoms with E-state index in [0.29, 0.717) is 6.54 Å². The van der Waals surface area contributed by atoms with E-state index in [-0.39, 0.29) is 41.6 Å². The summed E-state index contributed by atoms with van der Waals surface area (Å²) in [7, 11) is 1.60. The number of rotatable bonds is 10. The zero-order chi connectivity index (χ0) is 25.0. The fourth-order valence-corrected chi connectivity index (χ4v) is 5.92. The van der Waals surface area contributed by atoms with E-state index in [0.717, 1.165) is 32.1 Å². The summed E-state index contributed by atoms with van der Waals surface area (Å²) in [5, 5.41) is 15.0. The first-order valence-corrected chi connectivity index (χ1v) is 12.5. The highest BCUT2D eigenvalue weighted by Crippen LogP contribution is 2.44. The lowest BCUT2D eigenvalue weighted by Crippen LogP contribution is -2.54. The van der Waals surface area contributed by atoms with Gasteiger partial charge in [-0.2, -0.15) is 0 Å². The molecule has 188 valence electrons. The number of aliphatic hydroxyl groups excluding tert-OH is 1. The molecule has 0 spiro atoms. The summed E-state index contributed by atoms with van der Waals surface area (Å²) in [4.78, 5) is 41.7. The lowest BCUT2D eigenvalue weighted by molar-refractivity contribution is -0.141. The molecule has 1 fully saturated rings. The maximum Gasteiger partial charge on any atom is 0.243 e. The van der Waals surface area contributed by atoms with Crippen LogP contribution in [-0.4, -0.2) is 59.5 Å². The zero-order valence-corrected chi connectivity index (χ0v) is 21.6. The molecule has 1 aliphatic heterocycles. The van der Waals surface area contributed by atoms with Gasteiger partial charge in [-0.3, -0.25) is 14.4 Å². The Morgan fingerprint density at radius 1 is 1.03 bits per heavy atom. The maximum atomic E-state index is 13.6. The van der Waals surface area contributed by atoms with E-state index in [1.54, 1.807) is 11.9 Å². The molecule has 2 rings (SSSR count). The Labute approximate surface area is 199 Å². The predicted molar refractivity (Wildman–Crippen MR) is 130 cm³/mol. The summed E-state index contributed by atoms with van der Waals surface area (Å²) in [5.41, 5.74) is -0.378. The number of carbonyl (C=O) groups is 3. The van der Waals surface area contributed by atoms with Gasteiger partial charge in [-0.1, -0.05) is 52.7 Å². The van der Waals surface area contributed by atoms with Crippen LogP contribution in [0.3, 0.4) is 0 Å². The lowest BCUT2D eigenvalue weighted by Gasteiger charge is -2.37. The molecule has 0 aromatic rings. The van der Waals surface area contributed by atoms with E-state index in [9.17, 15) is 14.4 Å². The Kier molecular flexibility index (Phi) is 9.14. The highest BCUT2D eigenvalue weighted by Gasteiger charge is 2.56. The number of fused-ring (bicyclic) bond motifs is 1. The lowest BCUT2D eigenvalue weighted by atomic mass is 9.70. The quantitative estimate of drug-likeness (QED) is 0.343. The summed E-state index contributed by atoms with van der Waals surface area (Å²) in [6, 6.07) is -0.615. The molecule has 2 aliphatic rings. The van der Waals surface area contributed by atoms with Crippen LogP contribution in [-0.2, 0) is 14.4 Å². The number of carbonyl (C=O) groups excluding carboxylic acids is 3. The van der Waals surface area contributed by atoms with Crippen LogP contribution in [0.25, 0.3) is 0 Å². The van der Waals surface area contributed by atoms with Crippen molar-refractivity contribution < 1.29 is 19.5 Å². The van der Waals surface area contributed by atoms with Crippen molar-refractivity contribution in [2.45, 2.75) is 85.2 Å². The largest absolute Gasteiger partial charge is 0.396 e. The van der Waals surface area contributed by atoms with Crippen LogP contribution in [0.2, 0.25) is 0 Å². The molecule has 0 aromatic carbocycles. The van der Waals surface area contributed by atoms with Gasteiger partial charge in [-0.25, -0.2) is 0 Å². The second-order valence-electron chi connectivity index (χ2n) is 11.7. The fourth-order valence-electron chi connectivity index (χ4n) is 5.92. The average molecular weight is 464 g/mol. The van der Waals surface area contributed by atoms with Crippen molar-refractivity contribution in [3.05, 3.63) is 12.2 Å². The molecular formula is C26H45N3O4. The minimum absolute atomic E-state index is 0.0433. The molecule has 1 heterocycles. The van der Waals surface area contributed by atoms with E-state index in [1.807, 2.05) is 32.9 Å². The molecule has 0 bridgehead atoms. The third-order valence-electron chi connectivity index (χ3n) is 6.83. The Morgan fingerprint density at radius 3 is 2.24 bits per heavy atom. The normalized spacial score (nSPS) is 27.5. The highest BCUT2D eigenvalue weighted by atomic mass is 16.3. The van der Waals surface area contributed by atoms with Gasteiger partial charge in [0.25, 0.3) is 0 Å². The summed E-state index contributed by atoms with van der Waals surface area (Å²) < 4.78 is 0. The van der Waals surface area contributed by atoms with E-state index in [2.05, 4.69) is 31.4 Å². The van der Waals surface area contributed by atoms with E-state index < -0.39 is 23.4 Å². The predicted octanol–water partition coefficient (Wildman–Crippen LogP) is 2.88. The van der Waals surface area contributed by atoms with Crippen molar-refractivity contribution >= 4 is 17.7 Å². The van der Waals surface area contributed by atoms with Gasteiger partial charge in [0.2, 0.25) is 17.7 Å². The molecular weight excluding hydrogens is 418 g/mol. The SMILES string of the molecule is CNC(=O)[C@H]1[C@H]2C(=O)N(CCCCCCO)[C@H](C(=O)NC(C)(C)CC(C)(C)C)[C@H]2C=C[C@H]1C. The summed E-state index contributed by atoms with van der Waals surface area (Å²) in [5.74, 6) is -1.78. The van der Waals surface area contributed by atoms with Crippen LogP contribution in [0.4, 0.5) is 0 Å². The molecule has 0 radical (unpaired) electrons. The van der Waals surface area contributed by atoms with Crippen molar-refractivity contribution in [1.82, 2.24) is 15.5 Å². The number of allylic oxidation sites excluding steroid dienone is 1. The van der Waals surface area contributed by atoms with E-state index >= 15 is 0 Å². The number of hydrogen-bond acceptors (Lipinski definition) is 4. The van der Waals surface area contributed by atoms with Crippen molar-refractivity contribution in [1.29, 1.82) is 0 Å². The molecule has 0 aromatic heterocycles. The van der Waals surface area contributed by atoms with Crippen molar-refractivity contribution in [2.75, 3.05) is 20.2 Å². The van der Waals surface area contributed by atoms with Gasteiger partial charge < -0.3 is 20.6 Å². The monoisotopic (exact) mass is 463 g/mol. The van der Waals surface area contributed by atoms with Gasteiger partial charge in [0.15, 0.2) is 0 Å². The van der Waals surface area contributed by atoms with Crippen LogP contribution >= 0.6 is 0 Å². The topological polar surface area (TPSA) is 98.7 Å². The molecule has 7 nitrogen and oxygen atoms in total. The Bertz CT molecular complexity index is 740. The third kappa shape index (κ3) is 6.81. The minimum atomic E-state index is -0.615. The van der Waals surface area contributed by atoms with Gasteiger partial charge in [-0.05, 0) is 44.4 Å². The molecule has 3 N–H and O–H groups in total. The van der Waals surface area contributed by atoms with Crippen molar-refractivity contribution in [3.63, 3.8) is 0 Å². The molecule has 0 saturated carbocycles. The summed E-state index contributed by atoms with van der Waals surface area (Å²) in [6.07, 6.45) is 8.05. The Hall–Kier alpha value is -1.89. The summed E-state index contributed by atoms with van der Waals surface area (Å²) >= 11 is 0. The number of nitrogens with zero attached hydrogens (tertiary/aromatic N) is 1. The first kappa shape index (κ1) is 27.4. The molecule has 3 amide bonds. The van der Waals surface area contributed by atoms with Gasteiger partial charge >= 0.3 is 0 Å². The zero-order valence-electron chi connectivity index (χ0n) is 21.6. The average Bonchev–Trinajstić information content (AvgIpc) is 2.97. The standard InChI is InChI=1S/C26H45N3O4/c1-17-12-13-18-20(19(17)22(31)27-7)24(33)29(14-10-8-9-11-15-30)21(18)23(32)28-26(5,6)16-25(2,3)4/h12-13,17-21,30H,8-11,14-16H2,1-7H3,(H,27,31)(H,28,32)/t17-,18+,19-,20+,21+/m1/s1. The van der Waals surface area contributed by atoms with E-state index in [4.69, 9.17) is 5.11 Å².